The normalized spacial score (nSPS) is 9.24. The standard InChI is InChI=1S/C9H11N3O4.ClH/c10-3-4-11-9(14)7-5-6(12(15)16)1-2-8(7)13;/h1-2,5,13H,3-4,10H2,(H,11,14);1H. The van der Waals surface area contributed by atoms with E-state index in [1.54, 1.807) is 0 Å². The van der Waals surface area contributed by atoms with Gasteiger partial charge in [0.1, 0.15) is 5.75 Å². The van der Waals surface area contributed by atoms with Crippen molar-refractivity contribution >= 4 is 11.6 Å². The number of carbonyl (C=O) groups is 1. The van der Waals surface area contributed by atoms with Crippen LogP contribution in [0.5, 0.6) is 5.75 Å². The van der Waals surface area contributed by atoms with Gasteiger partial charge in [-0.25, -0.2) is 0 Å². The van der Waals surface area contributed by atoms with Crippen LogP contribution in [0.2, 0.25) is 0 Å². The van der Waals surface area contributed by atoms with Crippen LogP contribution in [0.25, 0.3) is 0 Å². The molecule has 0 saturated carbocycles. The number of nitrogens with zero attached hydrogens (tertiary/aromatic N) is 1. The van der Waals surface area contributed by atoms with Crippen molar-refractivity contribution in [2.75, 3.05) is 13.1 Å². The van der Waals surface area contributed by atoms with E-state index >= 15 is 0 Å². The Morgan fingerprint density at radius 1 is 1.53 bits per heavy atom. The fourth-order valence-corrected chi connectivity index (χ4v) is 1.12. The van der Waals surface area contributed by atoms with Gasteiger partial charge >= 0.3 is 0 Å². The van der Waals surface area contributed by atoms with E-state index in [0.29, 0.717) is 13.1 Å². The van der Waals surface area contributed by atoms with Crippen molar-refractivity contribution in [3.05, 3.63) is 33.9 Å². The quantitative estimate of drug-likeness (QED) is 0.381. The van der Waals surface area contributed by atoms with E-state index in [4.69, 9.17) is 0 Å². The van der Waals surface area contributed by atoms with Gasteiger partial charge < -0.3 is 28.6 Å². The molecule has 1 amide bonds. The zero-order valence-electron chi connectivity index (χ0n) is 8.85. The molecule has 0 aliphatic rings. The molecule has 5 N–H and O–H groups in total. The second-order valence-electron chi connectivity index (χ2n) is 3.07. The number of aromatic hydroxyl groups is 1. The summed E-state index contributed by atoms with van der Waals surface area (Å²) >= 11 is 0. The molecule has 0 aliphatic carbocycles. The number of halogens is 1. The second-order valence-corrected chi connectivity index (χ2v) is 3.07. The predicted octanol–water partition coefficient (Wildman–Crippen LogP) is -3.72. The maximum atomic E-state index is 11.5. The summed E-state index contributed by atoms with van der Waals surface area (Å²) in [5, 5.41) is 22.3. The van der Waals surface area contributed by atoms with Gasteiger partial charge in [0.05, 0.1) is 23.6 Å². The highest BCUT2D eigenvalue weighted by Crippen LogP contribution is 2.22. The number of nitro benzene ring substituents is 1. The molecule has 0 unspecified atom stereocenters. The van der Waals surface area contributed by atoms with Gasteiger partial charge in [0, 0.05) is 12.1 Å². The number of phenolic OH excluding ortho intramolecular Hbond substituents is 1. The van der Waals surface area contributed by atoms with Crippen molar-refractivity contribution in [2.24, 2.45) is 0 Å². The van der Waals surface area contributed by atoms with Gasteiger partial charge in [-0.1, -0.05) is 0 Å². The number of hydrogen-bond donors (Lipinski definition) is 3. The van der Waals surface area contributed by atoms with E-state index < -0.39 is 10.8 Å². The molecule has 0 saturated heterocycles. The molecule has 17 heavy (non-hydrogen) atoms. The number of non-ortho nitro benzene ring substituents is 1. The van der Waals surface area contributed by atoms with Crippen LogP contribution in [0.4, 0.5) is 5.69 Å². The third kappa shape index (κ3) is 3.89. The van der Waals surface area contributed by atoms with Crippen molar-refractivity contribution in [3.63, 3.8) is 0 Å². The Balaban J connectivity index is 0.00000256. The van der Waals surface area contributed by atoms with Gasteiger partial charge in [0.2, 0.25) is 0 Å². The highest BCUT2D eigenvalue weighted by molar-refractivity contribution is 5.97. The number of nitrogens with one attached hydrogen (secondary N) is 1. The number of quaternary nitrogens is 1. The summed E-state index contributed by atoms with van der Waals surface area (Å²) in [5.41, 5.74) is 3.19. The Labute approximate surface area is 103 Å². The first-order valence-electron chi connectivity index (χ1n) is 4.61. The number of rotatable bonds is 4. The number of hydrogen-bond acceptors (Lipinski definition) is 4. The van der Waals surface area contributed by atoms with Gasteiger partial charge in [-0.3, -0.25) is 14.9 Å². The molecule has 0 radical (unpaired) electrons. The number of phenols is 1. The zero-order valence-corrected chi connectivity index (χ0v) is 9.61. The molecule has 0 aliphatic heterocycles. The first kappa shape index (κ1) is 15.1. The average molecular weight is 262 g/mol. The van der Waals surface area contributed by atoms with Crippen LogP contribution in [0.1, 0.15) is 10.4 Å². The van der Waals surface area contributed by atoms with Crippen LogP contribution in [-0.4, -0.2) is 29.0 Å². The molecule has 0 heterocycles. The molecule has 0 fully saturated rings. The molecular weight excluding hydrogens is 250 g/mol. The maximum Gasteiger partial charge on any atom is 0.270 e. The van der Waals surface area contributed by atoms with E-state index in [2.05, 4.69) is 11.1 Å². The zero-order chi connectivity index (χ0) is 12.1. The van der Waals surface area contributed by atoms with E-state index in [-0.39, 0.29) is 29.4 Å². The molecule has 94 valence electrons. The molecule has 0 atom stereocenters. The van der Waals surface area contributed by atoms with Crippen molar-refractivity contribution in [1.29, 1.82) is 0 Å². The SMILES string of the molecule is [Cl-].[NH3+]CCNC(=O)c1cc([N+](=O)[O-])ccc1O. The lowest BCUT2D eigenvalue weighted by molar-refractivity contribution is -0.384. The monoisotopic (exact) mass is 261 g/mol. The summed E-state index contributed by atoms with van der Waals surface area (Å²) in [5.74, 6) is -0.836. The summed E-state index contributed by atoms with van der Waals surface area (Å²) in [6, 6.07) is 3.29. The summed E-state index contributed by atoms with van der Waals surface area (Å²) < 4.78 is 0. The Kier molecular flexibility index (Phi) is 5.94. The Morgan fingerprint density at radius 3 is 2.71 bits per heavy atom. The Hall–Kier alpha value is -1.86. The van der Waals surface area contributed by atoms with Gasteiger partial charge in [-0.15, -0.1) is 0 Å². The molecule has 0 aromatic heterocycles. The van der Waals surface area contributed by atoms with E-state index in [9.17, 15) is 20.0 Å². The molecule has 7 nitrogen and oxygen atoms in total. The van der Waals surface area contributed by atoms with Crippen LogP contribution in [0.15, 0.2) is 18.2 Å². The van der Waals surface area contributed by atoms with E-state index in [1.165, 1.54) is 0 Å². The summed E-state index contributed by atoms with van der Waals surface area (Å²) in [6.45, 7) is 0.850. The average Bonchev–Trinajstić information content (AvgIpc) is 2.26. The fourth-order valence-electron chi connectivity index (χ4n) is 1.12. The van der Waals surface area contributed by atoms with Crippen LogP contribution in [0.3, 0.4) is 0 Å². The minimum absolute atomic E-state index is 0. The molecular formula is C9H12ClN3O4. The lowest BCUT2D eigenvalue weighted by Crippen LogP contribution is -3.00. The number of carbonyl (C=O) groups excluding carboxylic acids is 1. The number of benzene rings is 1. The van der Waals surface area contributed by atoms with E-state index in [0.717, 1.165) is 18.2 Å². The molecule has 1 aromatic carbocycles. The number of amides is 1. The third-order valence-electron chi connectivity index (χ3n) is 1.90. The van der Waals surface area contributed by atoms with Crippen molar-refractivity contribution in [3.8, 4) is 5.75 Å². The lowest BCUT2D eigenvalue weighted by atomic mass is 10.1. The number of nitro groups is 1. The minimum atomic E-state index is -0.627. The first-order chi connectivity index (χ1) is 7.56. The smallest absolute Gasteiger partial charge is 0.270 e. The summed E-state index contributed by atoms with van der Waals surface area (Å²) in [7, 11) is 0. The van der Waals surface area contributed by atoms with Crippen LogP contribution in [-0.2, 0) is 0 Å². The molecule has 1 rings (SSSR count). The van der Waals surface area contributed by atoms with Crippen LogP contribution < -0.4 is 23.5 Å². The highest BCUT2D eigenvalue weighted by atomic mass is 35.5. The van der Waals surface area contributed by atoms with Crippen molar-refractivity contribution < 1.29 is 33.0 Å². The van der Waals surface area contributed by atoms with Crippen LogP contribution >= 0.6 is 0 Å². The van der Waals surface area contributed by atoms with Crippen LogP contribution in [0, 0.1) is 10.1 Å². The largest absolute Gasteiger partial charge is 1.00 e. The topological polar surface area (TPSA) is 120 Å². The summed E-state index contributed by atoms with van der Waals surface area (Å²) in [6.07, 6.45) is 0. The third-order valence-corrected chi connectivity index (χ3v) is 1.90. The molecule has 8 heteroatoms. The Bertz CT molecular complexity index is 425. The second kappa shape index (κ2) is 6.66. The van der Waals surface area contributed by atoms with Gasteiger partial charge in [-0.2, -0.15) is 0 Å². The maximum absolute atomic E-state index is 11.5. The molecule has 0 spiro atoms. The van der Waals surface area contributed by atoms with E-state index in [1.807, 2.05) is 0 Å². The molecule has 1 aromatic rings. The lowest BCUT2D eigenvalue weighted by Gasteiger charge is -2.04. The van der Waals surface area contributed by atoms with Gasteiger partial charge in [0.15, 0.2) is 0 Å². The highest BCUT2D eigenvalue weighted by Gasteiger charge is 2.15. The fraction of sp³-hybridized carbons (Fsp3) is 0.222. The van der Waals surface area contributed by atoms with Crippen molar-refractivity contribution in [1.82, 2.24) is 5.32 Å². The summed E-state index contributed by atoms with van der Waals surface area (Å²) in [4.78, 5) is 21.3. The van der Waals surface area contributed by atoms with Crippen molar-refractivity contribution in [2.45, 2.75) is 0 Å². The minimum Gasteiger partial charge on any atom is -1.00 e. The predicted molar refractivity (Wildman–Crippen MR) is 54.8 cm³/mol. The van der Waals surface area contributed by atoms with Gasteiger partial charge in [-0.05, 0) is 6.07 Å². The first-order valence-corrected chi connectivity index (χ1v) is 4.61. The van der Waals surface area contributed by atoms with Gasteiger partial charge in [0.25, 0.3) is 11.6 Å². The molecule has 0 bridgehead atoms. The Morgan fingerprint density at radius 2 is 2.18 bits per heavy atom.